The molecule has 0 amide bonds. The summed E-state index contributed by atoms with van der Waals surface area (Å²) in [4.78, 5) is 15.2. The first-order valence-corrected chi connectivity index (χ1v) is 5.30. The number of nitrogens with zero attached hydrogens (tertiary/aromatic N) is 2. The Hall–Kier alpha value is -1.35. The normalized spacial score (nSPS) is 15.8. The minimum Gasteiger partial charge on any atom is -0.319 e. The van der Waals surface area contributed by atoms with Crippen molar-refractivity contribution in [2.75, 3.05) is 0 Å². The van der Waals surface area contributed by atoms with Gasteiger partial charge < -0.3 is 4.57 Å². The highest BCUT2D eigenvalue weighted by Crippen LogP contribution is 2.38. The first kappa shape index (κ1) is 8.92. The summed E-state index contributed by atoms with van der Waals surface area (Å²) < 4.78 is 2.01. The van der Waals surface area contributed by atoms with E-state index < -0.39 is 0 Å². The number of carbonyl (C=O) groups is 1. The van der Waals surface area contributed by atoms with Crippen molar-refractivity contribution >= 4 is 28.9 Å². The van der Waals surface area contributed by atoms with E-state index in [1.54, 1.807) is 6.07 Å². The van der Waals surface area contributed by atoms with E-state index in [2.05, 4.69) is 4.98 Å². The lowest BCUT2D eigenvalue weighted by molar-refractivity contribution is 0.111. The number of carbonyl (C=O) groups excluding carboxylic acids is 1. The van der Waals surface area contributed by atoms with Crippen molar-refractivity contribution in [1.82, 2.24) is 9.55 Å². The standard InChI is InChI=1S/C11H9ClN2O/c12-7-1-4-10-9(5-7)13-11(6-15)14(10)8-2-3-8/h1,4-6,8H,2-3H2. The maximum Gasteiger partial charge on any atom is 0.185 e. The molecule has 3 rings (SSSR count). The summed E-state index contributed by atoms with van der Waals surface area (Å²) in [6, 6.07) is 6.01. The van der Waals surface area contributed by atoms with Crippen LogP contribution in [0.25, 0.3) is 11.0 Å². The summed E-state index contributed by atoms with van der Waals surface area (Å²) in [7, 11) is 0. The van der Waals surface area contributed by atoms with Gasteiger partial charge in [0.15, 0.2) is 12.1 Å². The highest BCUT2D eigenvalue weighted by atomic mass is 35.5. The smallest absolute Gasteiger partial charge is 0.185 e. The summed E-state index contributed by atoms with van der Waals surface area (Å²) in [5.41, 5.74) is 1.81. The molecule has 1 aliphatic rings. The molecule has 1 saturated carbocycles. The molecule has 0 atom stereocenters. The van der Waals surface area contributed by atoms with E-state index in [1.165, 1.54) is 0 Å². The molecule has 1 fully saturated rings. The van der Waals surface area contributed by atoms with Crippen LogP contribution in [-0.4, -0.2) is 15.8 Å². The maximum absolute atomic E-state index is 10.9. The van der Waals surface area contributed by atoms with E-state index in [9.17, 15) is 4.79 Å². The van der Waals surface area contributed by atoms with Crippen molar-refractivity contribution in [3.05, 3.63) is 29.0 Å². The van der Waals surface area contributed by atoms with Crippen LogP contribution in [0.3, 0.4) is 0 Å². The molecule has 1 aromatic carbocycles. The summed E-state index contributed by atoms with van der Waals surface area (Å²) >= 11 is 5.88. The number of aldehydes is 1. The zero-order valence-corrected chi connectivity index (χ0v) is 8.74. The van der Waals surface area contributed by atoms with Gasteiger partial charge in [-0.3, -0.25) is 4.79 Å². The Balaban J connectivity index is 2.33. The Morgan fingerprint density at radius 3 is 2.93 bits per heavy atom. The average Bonchev–Trinajstić information content (AvgIpc) is 2.99. The summed E-state index contributed by atoms with van der Waals surface area (Å²) in [6.07, 6.45) is 3.08. The average molecular weight is 221 g/mol. The first-order valence-electron chi connectivity index (χ1n) is 4.92. The molecule has 0 radical (unpaired) electrons. The molecule has 0 spiro atoms. The Kier molecular flexibility index (Phi) is 1.83. The van der Waals surface area contributed by atoms with E-state index in [-0.39, 0.29) is 0 Å². The zero-order chi connectivity index (χ0) is 10.4. The molecule has 15 heavy (non-hydrogen) atoms. The van der Waals surface area contributed by atoms with Gasteiger partial charge in [0.2, 0.25) is 0 Å². The Bertz CT molecular complexity index is 543. The topological polar surface area (TPSA) is 34.9 Å². The van der Waals surface area contributed by atoms with E-state index in [0.29, 0.717) is 16.9 Å². The van der Waals surface area contributed by atoms with Gasteiger partial charge in [-0.15, -0.1) is 0 Å². The van der Waals surface area contributed by atoms with Crippen LogP contribution in [0.2, 0.25) is 5.02 Å². The van der Waals surface area contributed by atoms with Crippen molar-refractivity contribution in [2.24, 2.45) is 0 Å². The number of hydrogen-bond acceptors (Lipinski definition) is 2. The molecule has 0 N–H and O–H groups in total. The van der Waals surface area contributed by atoms with Gasteiger partial charge in [0.05, 0.1) is 11.0 Å². The summed E-state index contributed by atoms with van der Waals surface area (Å²) in [5.74, 6) is 0.509. The number of rotatable bonds is 2. The molecule has 0 unspecified atom stereocenters. The van der Waals surface area contributed by atoms with Gasteiger partial charge in [0.25, 0.3) is 0 Å². The fourth-order valence-corrected chi connectivity index (χ4v) is 2.06. The third kappa shape index (κ3) is 1.35. The molecule has 1 aromatic heterocycles. The zero-order valence-electron chi connectivity index (χ0n) is 7.98. The molecule has 1 aliphatic carbocycles. The minimum absolute atomic E-state index is 0.455. The number of imidazole rings is 1. The second kappa shape index (κ2) is 3.07. The largest absolute Gasteiger partial charge is 0.319 e. The Morgan fingerprint density at radius 2 is 2.27 bits per heavy atom. The maximum atomic E-state index is 10.9. The fourth-order valence-electron chi connectivity index (χ4n) is 1.89. The van der Waals surface area contributed by atoms with Gasteiger partial charge in [0, 0.05) is 11.1 Å². The fraction of sp³-hybridized carbons (Fsp3) is 0.273. The van der Waals surface area contributed by atoms with Crippen LogP contribution in [0.5, 0.6) is 0 Å². The van der Waals surface area contributed by atoms with Crippen LogP contribution < -0.4 is 0 Å². The van der Waals surface area contributed by atoms with Crippen molar-refractivity contribution in [3.63, 3.8) is 0 Å². The van der Waals surface area contributed by atoms with Crippen LogP contribution in [0.1, 0.15) is 29.5 Å². The van der Waals surface area contributed by atoms with Gasteiger partial charge >= 0.3 is 0 Å². The summed E-state index contributed by atoms with van der Waals surface area (Å²) in [5, 5.41) is 0.653. The van der Waals surface area contributed by atoms with Gasteiger partial charge in [0.1, 0.15) is 0 Å². The van der Waals surface area contributed by atoms with E-state index in [4.69, 9.17) is 11.6 Å². The minimum atomic E-state index is 0.455. The monoisotopic (exact) mass is 220 g/mol. The van der Waals surface area contributed by atoms with Crippen LogP contribution >= 0.6 is 11.6 Å². The molecule has 3 nitrogen and oxygen atoms in total. The van der Waals surface area contributed by atoms with Gasteiger partial charge in [-0.05, 0) is 31.0 Å². The predicted molar refractivity (Wildman–Crippen MR) is 58.4 cm³/mol. The number of benzene rings is 1. The first-order chi connectivity index (χ1) is 7.29. The number of halogens is 1. The third-order valence-electron chi connectivity index (χ3n) is 2.70. The molecule has 4 heteroatoms. The number of aromatic nitrogens is 2. The van der Waals surface area contributed by atoms with Crippen LogP contribution in [0.15, 0.2) is 18.2 Å². The Labute approximate surface area is 91.7 Å². The van der Waals surface area contributed by atoms with Gasteiger partial charge in [-0.2, -0.15) is 0 Å². The van der Waals surface area contributed by atoms with Crippen LogP contribution in [-0.2, 0) is 0 Å². The molecular formula is C11H9ClN2O. The van der Waals surface area contributed by atoms with E-state index in [0.717, 1.165) is 30.2 Å². The molecule has 2 aromatic rings. The van der Waals surface area contributed by atoms with Crippen molar-refractivity contribution in [1.29, 1.82) is 0 Å². The molecular weight excluding hydrogens is 212 g/mol. The van der Waals surface area contributed by atoms with E-state index >= 15 is 0 Å². The lowest BCUT2D eigenvalue weighted by Gasteiger charge is -2.02. The highest BCUT2D eigenvalue weighted by Gasteiger charge is 2.27. The predicted octanol–water partition coefficient (Wildman–Crippen LogP) is 2.84. The SMILES string of the molecule is O=Cc1nc2cc(Cl)ccc2n1C1CC1. The van der Waals surface area contributed by atoms with Crippen molar-refractivity contribution < 1.29 is 4.79 Å². The van der Waals surface area contributed by atoms with Gasteiger partial charge in [-0.25, -0.2) is 4.98 Å². The molecule has 1 heterocycles. The second-order valence-corrected chi connectivity index (χ2v) is 4.26. The van der Waals surface area contributed by atoms with Crippen molar-refractivity contribution in [2.45, 2.75) is 18.9 Å². The van der Waals surface area contributed by atoms with Crippen molar-refractivity contribution in [3.8, 4) is 0 Å². The molecule has 76 valence electrons. The van der Waals surface area contributed by atoms with Gasteiger partial charge in [-0.1, -0.05) is 11.6 Å². The molecule has 0 bridgehead atoms. The number of fused-ring (bicyclic) bond motifs is 1. The van der Waals surface area contributed by atoms with Crippen LogP contribution in [0, 0.1) is 0 Å². The van der Waals surface area contributed by atoms with Crippen LogP contribution in [0.4, 0.5) is 0 Å². The second-order valence-electron chi connectivity index (χ2n) is 3.82. The molecule has 0 saturated heterocycles. The number of hydrogen-bond donors (Lipinski definition) is 0. The highest BCUT2D eigenvalue weighted by molar-refractivity contribution is 6.31. The summed E-state index contributed by atoms with van der Waals surface area (Å²) in [6.45, 7) is 0. The quantitative estimate of drug-likeness (QED) is 0.730. The lowest BCUT2D eigenvalue weighted by atomic mass is 10.3. The molecule has 0 aliphatic heterocycles. The van der Waals surface area contributed by atoms with E-state index in [1.807, 2.05) is 16.7 Å². The third-order valence-corrected chi connectivity index (χ3v) is 2.93. The Morgan fingerprint density at radius 1 is 1.47 bits per heavy atom. The lowest BCUT2D eigenvalue weighted by Crippen LogP contribution is -1.99.